The van der Waals surface area contributed by atoms with Crippen molar-refractivity contribution in [1.82, 2.24) is 0 Å². The summed E-state index contributed by atoms with van der Waals surface area (Å²) in [6, 6.07) is 9.68. The summed E-state index contributed by atoms with van der Waals surface area (Å²) in [5.74, 6) is -2.95. The molecule has 0 aliphatic heterocycles. The van der Waals surface area contributed by atoms with Crippen molar-refractivity contribution in [3.8, 4) is 11.5 Å². The van der Waals surface area contributed by atoms with E-state index >= 15 is 0 Å². The van der Waals surface area contributed by atoms with Crippen LogP contribution in [0.25, 0.3) is 6.08 Å². The molecule has 0 spiro atoms. The van der Waals surface area contributed by atoms with E-state index in [2.05, 4.69) is 4.74 Å². The Morgan fingerprint density at radius 3 is 2.32 bits per heavy atom. The lowest BCUT2D eigenvalue weighted by molar-refractivity contribution is -0.134. The molecule has 0 saturated heterocycles. The number of hydrogen-bond acceptors (Lipinski definition) is 6. The summed E-state index contributed by atoms with van der Waals surface area (Å²) in [4.78, 5) is 34.1. The minimum absolute atomic E-state index is 0.00476. The number of aromatic carboxylic acids is 1. The highest BCUT2D eigenvalue weighted by molar-refractivity contribution is 5.93. The molecule has 0 aromatic heterocycles. The number of hydrogen-bond donors (Lipinski definition) is 2. The Bertz CT molecular complexity index is 835. The zero-order chi connectivity index (χ0) is 18.4. The van der Waals surface area contributed by atoms with Gasteiger partial charge in [-0.1, -0.05) is 12.1 Å². The van der Waals surface area contributed by atoms with Crippen LogP contribution in [0.1, 0.15) is 26.3 Å². The Balaban J connectivity index is 2.11. The molecule has 7 nitrogen and oxygen atoms in total. The molecule has 2 aromatic rings. The molecule has 0 atom stereocenters. The van der Waals surface area contributed by atoms with Gasteiger partial charge in [0.25, 0.3) is 0 Å². The van der Waals surface area contributed by atoms with Crippen LogP contribution in [-0.4, -0.2) is 35.2 Å². The highest BCUT2D eigenvalue weighted by Crippen LogP contribution is 2.23. The molecule has 0 unspecified atom stereocenters. The van der Waals surface area contributed by atoms with Gasteiger partial charge < -0.3 is 19.7 Å². The van der Waals surface area contributed by atoms with E-state index in [-0.39, 0.29) is 16.9 Å². The van der Waals surface area contributed by atoms with Crippen LogP contribution in [0.15, 0.2) is 48.5 Å². The number of rotatable bonds is 5. The zero-order valence-corrected chi connectivity index (χ0v) is 13.1. The van der Waals surface area contributed by atoms with E-state index in [1.165, 1.54) is 37.5 Å². The monoisotopic (exact) mass is 342 g/mol. The molecule has 0 amide bonds. The van der Waals surface area contributed by atoms with Gasteiger partial charge in [0.15, 0.2) is 0 Å². The first kappa shape index (κ1) is 17.7. The van der Waals surface area contributed by atoms with Crippen molar-refractivity contribution in [3.05, 3.63) is 65.2 Å². The number of ether oxygens (including phenoxy) is 2. The number of carboxylic acids is 1. The van der Waals surface area contributed by atoms with Crippen LogP contribution >= 0.6 is 0 Å². The van der Waals surface area contributed by atoms with Crippen molar-refractivity contribution in [2.24, 2.45) is 0 Å². The summed E-state index contributed by atoms with van der Waals surface area (Å²) in [6.45, 7) is 0. The molecule has 0 heterocycles. The van der Waals surface area contributed by atoms with Gasteiger partial charge >= 0.3 is 17.9 Å². The molecule has 0 aliphatic rings. The first-order valence-electron chi connectivity index (χ1n) is 7.05. The van der Waals surface area contributed by atoms with E-state index < -0.39 is 23.7 Å². The fraction of sp³-hybridized carbons (Fsp3) is 0.0556. The number of carbonyl (C=O) groups excluding carboxylic acids is 2. The summed E-state index contributed by atoms with van der Waals surface area (Å²) in [7, 11) is 1.27. The largest absolute Gasteiger partial charge is 0.507 e. The lowest BCUT2D eigenvalue weighted by Gasteiger charge is -2.06. The number of carboxylic acid groups (broad SMARTS) is 1. The van der Waals surface area contributed by atoms with E-state index in [1.54, 1.807) is 12.1 Å². The summed E-state index contributed by atoms with van der Waals surface area (Å²) in [5, 5.41) is 18.4. The standard InChI is InChI=1S/C18H14O7/c1-24-16(20)9-4-11-2-5-12(6-3-11)18(23)25-13-7-8-15(19)14(10-13)17(21)22/h2-10,19H,1H3,(H,21,22)/b9-4+. The van der Waals surface area contributed by atoms with Crippen LogP contribution in [0.3, 0.4) is 0 Å². The van der Waals surface area contributed by atoms with Crippen LogP contribution in [0.4, 0.5) is 0 Å². The first-order valence-corrected chi connectivity index (χ1v) is 7.05. The lowest BCUT2D eigenvalue weighted by atomic mass is 10.1. The van der Waals surface area contributed by atoms with Gasteiger partial charge in [0.1, 0.15) is 17.1 Å². The highest BCUT2D eigenvalue weighted by Gasteiger charge is 2.14. The van der Waals surface area contributed by atoms with Crippen LogP contribution in [0.2, 0.25) is 0 Å². The van der Waals surface area contributed by atoms with Crippen LogP contribution < -0.4 is 4.74 Å². The van der Waals surface area contributed by atoms with E-state index in [9.17, 15) is 19.5 Å². The lowest BCUT2D eigenvalue weighted by Crippen LogP contribution is -2.09. The van der Waals surface area contributed by atoms with E-state index in [1.807, 2.05) is 0 Å². The number of phenols is 1. The average molecular weight is 342 g/mol. The molecule has 0 bridgehead atoms. The van der Waals surface area contributed by atoms with Crippen molar-refractivity contribution in [3.63, 3.8) is 0 Å². The maximum atomic E-state index is 12.1. The molecule has 7 heteroatoms. The topological polar surface area (TPSA) is 110 Å². The highest BCUT2D eigenvalue weighted by atomic mass is 16.5. The summed E-state index contributed by atoms with van der Waals surface area (Å²) in [5.41, 5.74) is 0.550. The van der Waals surface area contributed by atoms with E-state index in [0.29, 0.717) is 5.56 Å². The third kappa shape index (κ3) is 4.68. The second kappa shape index (κ2) is 7.78. The Morgan fingerprint density at radius 2 is 1.72 bits per heavy atom. The van der Waals surface area contributed by atoms with Gasteiger partial charge in [-0.05, 0) is 42.0 Å². The Labute approximate surface area is 142 Å². The van der Waals surface area contributed by atoms with Crippen LogP contribution in [-0.2, 0) is 9.53 Å². The number of benzene rings is 2. The van der Waals surface area contributed by atoms with Gasteiger partial charge in [0.2, 0.25) is 0 Å². The number of methoxy groups -OCH3 is 1. The van der Waals surface area contributed by atoms with E-state index in [4.69, 9.17) is 9.84 Å². The molecule has 0 fully saturated rings. The van der Waals surface area contributed by atoms with Crippen molar-refractivity contribution < 1.29 is 34.1 Å². The van der Waals surface area contributed by atoms with Crippen molar-refractivity contribution in [1.29, 1.82) is 0 Å². The normalized spacial score (nSPS) is 10.4. The Hall–Kier alpha value is -3.61. The van der Waals surface area contributed by atoms with Gasteiger partial charge in [-0.3, -0.25) is 0 Å². The molecular formula is C18H14O7. The van der Waals surface area contributed by atoms with Gasteiger partial charge in [0, 0.05) is 6.08 Å². The predicted octanol–water partition coefficient (Wildman–Crippen LogP) is 2.50. The number of aromatic hydroxyl groups is 1. The van der Waals surface area contributed by atoms with Gasteiger partial charge in [0.05, 0.1) is 12.7 Å². The summed E-state index contributed by atoms with van der Waals surface area (Å²) < 4.78 is 9.57. The van der Waals surface area contributed by atoms with Gasteiger partial charge in [-0.15, -0.1) is 0 Å². The molecule has 2 aromatic carbocycles. The first-order chi connectivity index (χ1) is 11.9. The minimum Gasteiger partial charge on any atom is -0.507 e. The summed E-state index contributed by atoms with van der Waals surface area (Å²) >= 11 is 0. The quantitative estimate of drug-likeness (QED) is 0.488. The van der Waals surface area contributed by atoms with Crippen LogP contribution in [0, 0.1) is 0 Å². The molecular weight excluding hydrogens is 328 g/mol. The maximum Gasteiger partial charge on any atom is 0.343 e. The summed E-state index contributed by atoms with van der Waals surface area (Å²) in [6.07, 6.45) is 2.78. The molecule has 0 radical (unpaired) electrons. The third-order valence-corrected chi connectivity index (χ3v) is 3.17. The van der Waals surface area contributed by atoms with Crippen molar-refractivity contribution in [2.75, 3.05) is 7.11 Å². The van der Waals surface area contributed by atoms with Crippen molar-refractivity contribution in [2.45, 2.75) is 0 Å². The SMILES string of the molecule is COC(=O)/C=C/c1ccc(C(=O)Oc2ccc(O)c(C(=O)O)c2)cc1. The Morgan fingerprint density at radius 1 is 1.04 bits per heavy atom. The minimum atomic E-state index is -1.34. The van der Waals surface area contributed by atoms with Gasteiger partial charge in [-0.25, -0.2) is 14.4 Å². The predicted molar refractivity (Wildman–Crippen MR) is 87.5 cm³/mol. The smallest absolute Gasteiger partial charge is 0.343 e. The molecule has 2 N–H and O–H groups in total. The zero-order valence-electron chi connectivity index (χ0n) is 13.1. The second-order valence-electron chi connectivity index (χ2n) is 4.85. The maximum absolute atomic E-state index is 12.1. The molecule has 25 heavy (non-hydrogen) atoms. The average Bonchev–Trinajstić information content (AvgIpc) is 2.61. The second-order valence-corrected chi connectivity index (χ2v) is 4.85. The number of esters is 2. The molecule has 128 valence electrons. The molecule has 0 saturated carbocycles. The van der Waals surface area contributed by atoms with Crippen LogP contribution in [0.5, 0.6) is 11.5 Å². The molecule has 2 rings (SSSR count). The number of carbonyl (C=O) groups is 3. The fourth-order valence-electron chi connectivity index (χ4n) is 1.88. The Kier molecular flexibility index (Phi) is 5.52. The van der Waals surface area contributed by atoms with E-state index in [0.717, 1.165) is 12.1 Å². The fourth-order valence-corrected chi connectivity index (χ4v) is 1.88. The molecule has 0 aliphatic carbocycles. The third-order valence-electron chi connectivity index (χ3n) is 3.17. The van der Waals surface area contributed by atoms with Crippen molar-refractivity contribution >= 4 is 24.0 Å². The van der Waals surface area contributed by atoms with Gasteiger partial charge in [-0.2, -0.15) is 0 Å².